The fraction of sp³-hybridized carbons (Fsp3) is 0.0714. The fourth-order valence-corrected chi connectivity index (χ4v) is 2.47. The predicted molar refractivity (Wildman–Crippen MR) is 78.9 cm³/mol. The Morgan fingerprint density at radius 3 is 2.45 bits per heavy atom. The van der Waals surface area contributed by atoms with Crippen LogP contribution in [-0.4, -0.2) is 20.6 Å². The maximum Gasteiger partial charge on any atom is 0.249 e. The number of hydrogen-bond acceptors (Lipinski definition) is 3. The SMILES string of the molecule is CS(=O)(=O)Nc1cccc(-c2ccccc2C(N)=O)c1. The molecule has 0 aromatic heterocycles. The predicted octanol–water partition coefficient (Wildman–Crippen LogP) is 1.82. The molecule has 0 fully saturated rings. The molecule has 0 saturated carbocycles. The number of carbonyl (C=O) groups excluding carboxylic acids is 1. The van der Waals surface area contributed by atoms with Crippen LogP contribution in [0.25, 0.3) is 11.1 Å². The number of amides is 1. The lowest BCUT2D eigenvalue weighted by Gasteiger charge is -2.09. The second-order valence-corrected chi connectivity index (χ2v) is 6.11. The van der Waals surface area contributed by atoms with E-state index in [-0.39, 0.29) is 0 Å². The lowest BCUT2D eigenvalue weighted by molar-refractivity contribution is 0.100. The number of nitrogens with one attached hydrogen (secondary N) is 1. The number of carbonyl (C=O) groups is 1. The number of sulfonamides is 1. The van der Waals surface area contributed by atoms with Gasteiger partial charge in [0.2, 0.25) is 15.9 Å². The van der Waals surface area contributed by atoms with E-state index >= 15 is 0 Å². The zero-order valence-electron chi connectivity index (χ0n) is 10.8. The standard InChI is InChI=1S/C14H14N2O3S/c1-20(18,19)16-11-6-4-5-10(9-11)12-7-2-3-8-13(12)14(15)17/h2-9,16H,1H3,(H2,15,17). The summed E-state index contributed by atoms with van der Waals surface area (Å²) in [4.78, 5) is 11.4. The molecule has 0 unspecified atom stereocenters. The van der Waals surface area contributed by atoms with Crippen LogP contribution in [0.15, 0.2) is 48.5 Å². The Morgan fingerprint density at radius 2 is 1.80 bits per heavy atom. The van der Waals surface area contributed by atoms with Gasteiger partial charge in [0, 0.05) is 11.3 Å². The number of nitrogens with two attached hydrogens (primary N) is 1. The van der Waals surface area contributed by atoms with Crippen LogP contribution in [-0.2, 0) is 10.0 Å². The lowest BCUT2D eigenvalue weighted by Crippen LogP contribution is -2.12. The van der Waals surface area contributed by atoms with Crippen LogP contribution in [0.1, 0.15) is 10.4 Å². The van der Waals surface area contributed by atoms with E-state index in [1.54, 1.807) is 48.5 Å². The monoisotopic (exact) mass is 290 g/mol. The summed E-state index contributed by atoms with van der Waals surface area (Å²) in [7, 11) is -3.34. The topological polar surface area (TPSA) is 89.3 Å². The maximum absolute atomic E-state index is 11.4. The van der Waals surface area contributed by atoms with Crippen LogP contribution in [0.4, 0.5) is 5.69 Å². The molecule has 2 rings (SSSR count). The summed E-state index contributed by atoms with van der Waals surface area (Å²) in [6.45, 7) is 0. The first-order valence-electron chi connectivity index (χ1n) is 5.84. The van der Waals surface area contributed by atoms with Crippen LogP contribution >= 0.6 is 0 Å². The van der Waals surface area contributed by atoms with Crippen molar-refractivity contribution in [2.75, 3.05) is 11.0 Å². The van der Waals surface area contributed by atoms with Gasteiger partial charge in [-0.15, -0.1) is 0 Å². The molecule has 2 aromatic rings. The van der Waals surface area contributed by atoms with Crippen LogP contribution < -0.4 is 10.5 Å². The highest BCUT2D eigenvalue weighted by Gasteiger charge is 2.10. The van der Waals surface area contributed by atoms with Crippen molar-refractivity contribution in [1.82, 2.24) is 0 Å². The molecule has 3 N–H and O–H groups in total. The van der Waals surface area contributed by atoms with Gasteiger partial charge in [0.05, 0.1) is 6.26 Å². The smallest absolute Gasteiger partial charge is 0.249 e. The van der Waals surface area contributed by atoms with Crippen LogP contribution in [0.3, 0.4) is 0 Å². The maximum atomic E-state index is 11.4. The Morgan fingerprint density at radius 1 is 1.10 bits per heavy atom. The Balaban J connectivity index is 2.49. The normalized spacial score (nSPS) is 11.1. The number of primary amides is 1. The van der Waals surface area contributed by atoms with Crippen molar-refractivity contribution < 1.29 is 13.2 Å². The molecule has 20 heavy (non-hydrogen) atoms. The molecule has 0 aliphatic rings. The van der Waals surface area contributed by atoms with E-state index in [0.29, 0.717) is 22.4 Å². The largest absolute Gasteiger partial charge is 0.366 e. The Kier molecular flexibility index (Phi) is 3.76. The molecule has 0 heterocycles. The van der Waals surface area contributed by atoms with Crippen molar-refractivity contribution >= 4 is 21.6 Å². The molecule has 1 amide bonds. The molecule has 0 atom stereocenters. The van der Waals surface area contributed by atoms with Gasteiger partial charge in [0.1, 0.15) is 0 Å². The summed E-state index contributed by atoms with van der Waals surface area (Å²) in [5.74, 6) is -0.526. The van der Waals surface area contributed by atoms with Crippen molar-refractivity contribution in [3.05, 3.63) is 54.1 Å². The van der Waals surface area contributed by atoms with Gasteiger partial charge in [-0.1, -0.05) is 30.3 Å². The van der Waals surface area contributed by atoms with E-state index < -0.39 is 15.9 Å². The number of rotatable bonds is 4. The number of benzene rings is 2. The van der Waals surface area contributed by atoms with E-state index in [1.165, 1.54) is 0 Å². The average molecular weight is 290 g/mol. The zero-order valence-corrected chi connectivity index (χ0v) is 11.6. The lowest BCUT2D eigenvalue weighted by atomic mass is 9.99. The van der Waals surface area contributed by atoms with Crippen molar-refractivity contribution in [2.24, 2.45) is 5.73 Å². The third-order valence-corrected chi connectivity index (χ3v) is 3.28. The number of hydrogen-bond donors (Lipinski definition) is 2. The summed E-state index contributed by atoms with van der Waals surface area (Å²) in [6, 6.07) is 13.7. The minimum atomic E-state index is -3.34. The molecule has 0 aliphatic carbocycles. The molecule has 6 heteroatoms. The van der Waals surface area contributed by atoms with Crippen molar-refractivity contribution in [3.63, 3.8) is 0 Å². The van der Waals surface area contributed by atoms with Crippen LogP contribution in [0, 0.1) is 0 Å². The van der Waals surface area contributed by atoms with Gasteiger partial charge in [-0.3, -0.25) is 9.52 Å². The fourth-order valence-electron chi connectivity index (χ4n) is 1.91. The molecular weight excluding hydrogens is 276 g/mol. The van der Waals surface area contributed by atoms with Crippen LogP contribution in [0.2, 0.25) is 0 Å². The van der Waals surface area contributed by atoms with Gasteiger partial charge in [-0.2, -0.15) is 0 Å². The van der Waals surface area contributed by atoms with Crippen molar-refractivity contribution in [1.29, 1.82) is 0 Å². The summed E-state index contributed by atoms with van der Waals surface area (Å²) in [5, 5.41) is 0. The molecule has 0 aliphatic heterocycles. The third-order valence-electron chi connectivity index (χ3n) is 2.67. The highest BCUT2D eigenvalue weighted by molar-refractivity contribution is 7.92. The zero-order chi connectivity index (χ0) is 14.8. The number of anilines is 1. The van der Waals surface area contributed by atoms with E-state index in [9.17, 15) is 13.2 Å². The molecule has 0 saturated heterocycles. The second-order valence-electron chi connectivity index (χ2n) is 4.36. The Labute approximate surface area is 117 Å². The minimum Gasteiger partial charge on any atom is -0.366 e. The molecule has 0 radical (unpaired) electrons. The quantitative estimate of drug-likeness (QED) is 0.900. The van der Waals surface area contributed by atoms with E-state index in [0.717, 1.165) is 6.26 Å². The van der Waals surface area contributed by atoms with Gasteiger partial charge >= 0.3 is 0 Å². The van der Waals surface area contributed by atoms with E-state index in [4.69, 9.17) is 5.73 Å². The Bertz CT molecular complexity index is 755. The molecule has 2 aromatic carbocycles. The van der Waals surface area contributed by atoms with E-state index in [1.807, 2.05) is 0 Å². The van der Waals surface area contributed by atoms with Gasteiger partial charge in [-0.05, 0) is 29.3 Å². The molecular formula is C14H14N2O3S. The van der Waals surface area contributed by atoms with Gasteiger partial charge in [0.25, 0.3) is 0 Å². The van der Waals surface area contributed by atoms with Crippen molar-refractivity contribution in [3.8, 4) is 11.1 Å². The first-order valence-corrected chi connectivity index (χ1v) is 7.73. The summed E-state index contributed by atoms with van der Waals surface area (Å²) in [6.07, 6.45) is 1.08. The summed E-state index contributed by atoms with van der Waals surface area (Å²) in [5.41, 5.74) is 7.55. The first kappa shape index (κ1) is 14.1. The first-order chi connectivity index (χ1) is 9.37. The third kappa shape index (κ3) is 3.36. The minimum absolute atomic E-state index is 0.393. The van der Waals surface area contributed by atoms with Gasteiger partial charge in [0.15, 0.2) is 0 Å². The highest BCUT2D eigenvalue weighted by atomic mass is 32.2. The molecule has 5 nitrogen and oxygen atoms in total. The Hall–Kier alpha value is -2.34. The average Bonchev–Trinajstić information content (AvgIpc) is 2.37. The van der Waals surface area contributed by atoms with Gasteiger partial charge in [-0.25, -0.2) is 8.42 Å². The summed E-state index contributed by atoms with van der Waals surface area (Å²) >= 11 is 0. The molecule has 0 spiro atoms. The molecule has 0 bridgehead atoms. The van der Waals surface area contributed by atoms with Crippen molar-refractivity contribution in [2.45, 2.75) is 0 Å². The second kappa shape index (κ2) is 5.34. The highest BCUT2D eigenvalue weighted by Crippen LogP contribution is 2.26. The van der Waals surface area contributed by atoms with Gasteiger partial charge < -0.3 is 5.73 Å². The van der Waals surface area contributed by atoms with Crippen LogP contribution in [0.5, 0.6) is 0 Å². The van der Waals surface area contributed by atoms with E-state index in [2.05, 4.69) is 4.72 Å². The summed E-state index contributed by atoms with van der Waals surface area (Å²) < 4.78 is 24.9. The molecule has 104 valence electrons.